The molecule has 0 spiro atoms. The van der Waals surface area contributed by atoms with Crippen molar-refractivity contribution in [1.82, 2.24) is 4.90 Å². The minimum atomic E-state index is -4.13. The molecule has 0 aromatic rings. The van der Waals surface area contributed by atoms with E-state index in [4.69, 9.17) is 4.74 Å². The van der Waals surface area contributed by atoms with E-state index in [1.165, 1.54) is 0 Å². The molecule has 0 saturated carbocycles. The molecule has 1 rings (SSSR count). The van der Waals surface area contributed by atoms with Crippen LogP contribution >= 0.6 is 0 Å². The van der Waals surface area contributed by atoms with Crippen LogP contribution in [-0.2, 0) is 9.53 Å². The first-order chi connectivity index (χ1) is 7.92. The standard InChI is InChI=1S/C11H18F3NO2/c1-2-17-10(16)9-4-3-6-15(8-9)7-5-11(12,13)14/h9H,2-8H2,1H3/t9-/m0/s1. The first-order valence-corrected chi connectivity index (χ1v) is 5.88. The van der Waals surface area contributed by atoms with Crippen LogP contribution in [0.1, 0.15) is 26.2 Å². The van der Waals surface area contributed by atoms with Crippen LogP contribution in [0.5, 0.6) is 0 Å². The second-order valence-electron chi connectivity index (χ2n) is 4.26. The molecular formula is C11H18F3NO2. The van der Waals surface area contributed by atoms with Crippen LogP contribution in [0.2, 0.25) is 0 Å². The Kier molecular flexibility index (Phi) is 5.24. The first-order valence-electron chi connectivity index (χ1n) is 5.88. The summed E-state index contributed by atoms with van der Waals surface area (Å²) in [5.74, 6) is -0.554. The molecule has 100 valence electrons. The quantitative estimate of drug-likeness (QED) is 0.719. The Morgan fingerprint density at radius 2 is 2.18 bits per heavy atom. The molecule has 0 unspecified atom stereocenters. The Labute approximate surface area is 98.9 Å². The summed E-state index contributed by atoms with van der Waals surface area (Å²) in [4.78, 5) is 13.2. The van der Waals surface area contributed by atoms with Gasteiger partial charge in [-0.05, 0) is 26.3 Å². The van der Waals surface area contributed by atoms with Gasteiger partial charge in [0.1, 0.15) is 0 Å². The van der Waals surface area contributed by atoms with Gasteiger partial charge >= 0.3 is 12.1 Å². The maximum Gasteiger partial charge on any atom is 0.390 e. The number of esters is 1. The number of nitrogens with zero attached hydrogens (tertiary/aromatic N) is 1. The number of carbonyl (C=O) groups is 1. The Hall–Kier alpha value is -0.780. The predicted molar refractivity (Wildman–Crippen MR) is 56.5 cm³/mol. The van der Waals surface area contributed by atoms with Gasteiger partial charge in [0.05, 0.1) is 18.9 Å². The molecule has 3 nitrogen and oxygen atoms in total. The molecule has 1 heterocycles. The van der Waals surface area contributed by atoms with Crippen molar-refractivity contribution in [2.45, 2.75) is 32.4 Å². The largest absolute Gasteiger partial charge is 0.466 e. The second-order valence-corrected chi connectivity index (χ2v) is 4.26. The van der Waals surface area contributed by atoms with Gasteiger partial charge in [-0.15, -0.1) is 0 Å². The van der Waals surface area contributed by atoms with Gasteiger partial charge in [-0.2, -0.15) is 13.2 Å². The van der Waals surface area contributed by atoms with Crippen LogP contribution in [0.15, 0.2) is 0 Å². The van der Waals surface area contributed by atoms with E-state index in [9.17, 15) is 18.0 Å². The van der Waals surface area contributed by atoms with Gasteiger partial charge in [0, 0.05) is 13.1 Å². The topological polar surface area (TPSA) is 29.5 Å². The highest BCUT2D eigenvalue weighted by Crippen LogP contribution is 2.23. The minimum Gasteiger partial charge on any atom is -0.466 e. The SMILES string of the molecule is CCOC(=O)[C@H]1CCCN(CCC(F)(F)F)C1. The number of alkyl halides is 3. The van der Waals surface area contributed by atoms with Crippen molar-refractivity contribution in [3.8, 4) is 0 Å². The number of hydrogen-bond donors (Lipinski definition) is 0. The number of halogens is 3. The molecule has 17 heavy (non-hydrogen) atoms. The van der Waals surface area contributed by atoms with Gasteiger partial charge in [0.25, 0.3) is 0 Å². The highest BCUT2D eigenvalue weighted by Gasteiger charge is 2.31. The van der Waals surface area contributed by atoms with Gasteiger partial charge in [-0.3, -0.25) is 4.79 Å². The monoisotopic (exact) mass is 253 g/mol. The summed E-state index contributed by atoms with van der Waals surface area (Å²) < 4.78 is 41.1. The number of ether oxygens (including phenoxy) is 1. The molecule has 1 atom stereocenters. The summed E-state index contributed by atoms with van der Waals surface area (Å²) in [6.45, 7) is 3.03. The summed E-state index contributed by atoms with van der Waals surface area (Å²) in [7, 11) is 0. The number of rotatable bonds is 4. The molecule has 1 aliphatic rings. The molecule has 0 N–H and O–H groups in total. The van der Waals surface area contributed by atoms with Crippen LogP contribution in [0.4, 0.5) is 13.2 Å². The van der Waals surface area contributed by atoms with E-state index in [-0.39, 0.29) is 18.4 Å². The fourth-order valence-corrected chi connectivity index (χ4v) is 2.00. The molecule has 0 amide bonds. The normalized spacial score (nSPS) is 22.5. The molecule has 1 aliphatic heterocycles. The predicted octanol–water partition coefficient (Wildman–Crippen LogP) is 2.21. The summed E-state index contributed by atoms with van der Waals surface area (Å²) in [5, 5.41) is 0. The fourth-order valence-electron chi connectivity index (χ4n) is 2.00. The summed E-state index contributed by atoms with van der Waals surface area (Å²) in [6.07, 6.45) is -3.48. The lowest BCUT2D eigenvalue weighted by molar-refractivity contribution is -0.151. The molecule has 1 fully saturated rings. The van der Waals surface area contributed by atoms with Crippen molar-refractivity contribution >= 4 is 5.97 Å². The zero-order valence-electron chi connectivity index (χ0n) is 9.92. The van der Waals surface area contributed by atoms with Gasteiger partial charge in [0.2, 0.25) is 0 Å². The van der Waals surface area contributed by atoms with E-state index in [0.29, 0.717) is 26.1 Å². The van der Waals surface area contributed by atoms with Crippen LogP contribution in [-0.4, -0.2) is 43.3 Å². The zero-order chi connectivity index (χ0) is 12.9. The highest BCUT2D eigenvalue weighted by molar-refractivity contribution is 5.72. The Bertz CT molecular complexity index is 256. The molecule has 0 aliphatic carbocycles. The minimum absolute atomic E-state index is 0.0284. The Morgan fingerprint density at radius 3 is 2.76 bits per heavy atom. The lowest BCUT2D eigenvalue weighted by atomic mass is 9.98. The van der Waals surface area contributed by atoms with E-state index >= 15 is 0 Å². The van der Waals surface area contributed by atoms with Crippen LogP contribution < -0.4 is 0 Å². The summed E-state index contributed by atoms with van der Waals surface area (Å²) in [6, 6.07) is 0. The van der Waals surface area contributed by atoms with Crippen molar-refractivity contribution < 1.29 is 22.7 Å². The van der Waals surface area contributed by atoms with E-state index in [1.807, 2.05) is 0 Å². The Balaban J connectivity index is 2.36. The van der Waals surface area contributed by atoms with E-state index in [2.05, 4.69) is 0 Å². The third kappa shape index (κ3) is 5.39. The number of likely N-dealkylation sites (tertiary alicyclic amines) is 1. The third-order valence-electron chi connectivity index (χ3n) is 2.84. The molecule has 1 saturated heterocycles. The van der Waals surface area contributed by atoms with Gasteiger partial charge in [0.15, 0.2) is 0 Å². The van der Waals surface area contributed by atoms with E-state index in [0.717, 1.165) is 6.42 Å². The lowest BCUT2D eigenvalue weighted by Gasteiger charge is -2.31. The molecule has 0 aromatic carbocycles. The van der Waals surface area contributed by atoms with Gasteiger partial charge in [-0.25, -0.2) is 0 Å². The molecular weight excluding hydrogens is 235 g/mol. The fraction of sp³-hybridized carbons (Fsp3) is 0.909. The van der Waals surface area contributed by atoms with Gasteiger partial charge < -0.3 is 9.64 Å². The summed E-state index contributed by atoms with van der Waals surface area (Å²) >= 11 is 0. The van der Waals surface area contributed by atoms with Crippen molar-refractivity contribution in [2.24, 2.45) is 5.92 Å². The van der Waals surface area contributed by atoms with Crippen LogP contribution in [0.3, 0.4) is 0 Å². The maximum atomic E-state index is 12.1. The lowest BCUT2D eigenvalue weighted by Crippen LogP contribution is -2.40. The molecule has 0 radical (unpaired) electrons. The van der Waals surface area contributed by atoms with Crippen molar-refractivity contribution in [3.05, 3.63) is 0 Å². The second kappa shape index (κ2) is 6.23. The third-order valence-corrected chi connectivity index (χ3v) is 2.84. The number of piperidine rings is 1. The molecule has 0 bridgehead atoms. The summed E-state index contributed by atoms with van der Waals surface area (Å²) in [5.41, 5.74) is 0. The smallest absolute Gasteiger partial charge is 0.390 e. The average molecular weight is 253 g/mol. The number of carbonyl (C=O) groups excluding carboxylic acids is 1. The van der Waals surface area contributed by atoms with Crippen molar-refractivity contribution in [2.75, 3.05) is 26.2 Å². The molecule has 6 heteroatoms. The van der Waals surface area contributed by atoms with Crippen molar-refractivity contribution in [3.63, 3.8) is 0 Å². The van der Waals surface area contributed by atoms with Crippen LogP contribution in [0.25, 0.3) is 0 Å². The van der Waals surface area contributed by atoms with Gasteiger partial charge in [-0.1, -0.05) is 0 Å². The Morgan fingerprint density at radius 1 is 1.47 bits per heavy atom. The average Bonchev–Trinajstić information content (AvgIpc) is 2.26. The van der Waals surface area contributed by atoms with Crippen LogP contribution in [0, 0.1) is 5.92 Å². The first kappa shape index (κ1) is 14.3. The molecule has 0 aromatic heterocycles. The number of hydrogen-bond acceptors (Lipinski definition) is 3. The zero-order valence-corrected chi connectivity index (χ0v) is 9.92. The highest BCUT2D eigenvalue weighted by atomic mass is 19.4. The maximum absolute atomic E-state index is 12.1. The van der Waals surface area contributed by atoms with E-state index < -0.39 is 12.6 Å². The van der Waals surface area contributed by atoms with Crippen molar-refractivity contribution in [1.29, 1.82) is 0 Å². The van der Waals surface area contributed by atoms with E-state index in [1.54, 1.807) is 11.8 Å².